The smallest absolute Gasteiger partial charge is 0.0952 e. The van der Waals surface area contributed by atoms with Crippen molar-refractivity contribution >= 4 is 5.69 Å². The van der Waals surface area contributed by atoms with E-state index in [0.717, 1.165) is 50.3 Å². The Morgan fingerprint density at radius 1 is 1.18 bits per heavy atom. The maximum absolute atomic E-state index is 9.21. The normalized spacial score (nSPS) is 16.8. The predicted octanol–water partition coefficient (Wildman–Crippen LogP) is 3.10. The van der Waals surface area contributed by atoms with Gasteiger partial charge in [0.2, 0.25) is 0 Å². The lowest BCUT2D eigenvalue weighted by atomic mass is 9.97. The van der Waals surface area contributed by atoms with Gasteiger partial charge in [-0.05, 0) is 55.6 Å². The van der Waals surface area contributed by atoms with E-state index in [0.29, 0.717) is 12.5 Å². The number of rotatable bonds is 6. The summed E-state index contributed by atoms with van der Waals surface area (Å²) in [7, 11) is 0. The largest absolute Gasteiger partial charge is 0.472 e. The van der Waals surface area contributed by atoms with Crippen molar-refractivity contribution < 1.29 is 9.52 Å². The minimum absolute atomic E-state index is 0.335. The first-order valence-electron chi connectivity index (χ1n) is 8.00. The topological polar surface area (TPSA) is 48.6 Å². The van der Waals surface area contributed by atoms with Crippen molar-refractivity contribution in [1.29, 1.82) is 0 Å². The van der Waals surface area contributed by atoms with Gasteiger partial charge in [-0.3, -0.25) is 4.90 Å². The summed E-state index contributed by atoms with van der Waals surface area (Å²) in [5.74, 6) is 0.499. The summed E-state index contributed by atoms with van der Waals surface area (Å²) in [6, 6.07) is 10.6. The average molecular weight is 300 g/mol. The Morgan fingerprint density at radius 3 is 2.77 bits per heavy atom. The molecule has 22 heavy (non-hydrogen) atoms. The first-order valence-corrected chi connectivity index (χ1v) is 8.00. The van der Waals surface area contributed by atoms with E-state index in [1.165, 1.54) is 5.56 Å². The molecule has 2 N–H and O–H groups in total. The van der Waals surface area contributed by atoms with E-state index in [1.54, 1.807) is 12.5 Å². The van der Waals surface area contributed by atoms with Crippen LogP contribution in [0.3, 0.4) is 0 Å². The highest BCUT2D eigenvalue weighted by molar-refractivity contribution is 5.46. The van der Waals surface area contributed by atoms with E-state index in [2.05, 4.69) is 34.5 Å². The molecule has 0 aliphatic carbocycles. The highest BCUT2D eigenvalue weighted by Crippen LogP contribution is 2.20. The Bertz CT molecular complexity index is 560. The van der Waals surface area contributed by atoms with Gasteiger partial charge in [-0.15, -0.1) is 0 Å². The Morgan fingerprint density at radius 2 is 2.05 bits per heavy atom. The van der Waals surface area contributed by atoms with Crippen molar-refractivity contribution in [3.63, 3.8) is 0 Å². The summed E-state index contributed by atoms with van der Waals surface area (Å²) in [5, 5.41) is 12.6. The van der Waals surface area contributed by atoms with E-state index in [1.807, 2.05) is 6.07 Å². The molecular formula is C18H24N2O2. The molecule has 1 aromatic carbocycles. The molecule has 0 atom stereocenters. The SMILES string of the molecule is OCC1CCN(Cc2cccc(NCc3ccoc3)c2)CC1. The van der Waals surface area contributed by atoms with Crippen LogP contribution in [-0.4, -0.2) is 29.7 Å². The number of furan rings is 1. The minimum Gasteiger partial charge on any atom is -0.472 e. The number of piperidine rings is 1. The molecule has 0 bridgehead atoms. The number of benzene rings is 1. The van der Waals surface area contributed by atoms with Crippen molar-refractivity contribution in [2.24, 2.45) is 5.92 Å². The first-order chi connectivity index (χ1) is 10.8. The zero-order chi connectivity index (χ0) is 15.2. The number of nitrogens with zero attached hydrogens (tertiary/aromatic N) is 1. The molecule has 0 unspecified atom stereocenters. The second-order valence-electron chi connectivity index (χ2n) is 6.09. The molecule has 0 amide bonds. The molecule has 1 saturated heterocycles. The Kier molecular flexibility index (Phi) is 5.14. The van der Waals surface area contributed by atoms with Gasteiger partial charge in [-0.1, -0.05) is 12.1 Å². The van der Waals surface area contributed by atoms with Crippen molar-refractivity contribution in [1.82, 2.24) is 4.90 Å². The van der Waals surface area contributed by atoms with Crippen LogP contribution in [0.2, 0.25) is 0 Å². The highest BCUT2D eigenvalue weighted by atomic mass is 16.3. The van der Waals surface area contributed by atoms with E-state index in [9.17, 15) is 5.11 Å². The molecule has 1 aliphatic rings. The number of hydrogen-bond acceptors (Lipinski definition) is 4. The standard InChI is InChI=1S/C18H24N2O2/c21-13-15-4-7-20(8-5-15)12-16-2-1-3-18(10-16)19-11-17-6-9-22-14-17/h1-3,6,9-10,14-15,19,21H,4-5,7-8,11-13H2. The van der Waals surface area contributed by atoms with Crippen LogP contribution in [0.5, 0.6) is 0 Å². The monoisotopic (exact) mass is 300 g/mol. The van der Waals surface area contributed by atoms with Crippen LogP contribution in [0, 0.1) is 5.92 Å². The third-order valence-corrected chi connectivity index (χ3v) is 4.38. The molecule has 0 saturated carbocycles. The molecule has 0 spiro atoms. The van der Waals surface area contributed by atoms with Gasteiger partial charge in [0, 0.05) is 30.9 Å². The zero-order valence-electron chi connectivity index (χ0n) is 12.9. The zero-order valence-corrected chi connectivity index (χ0v) is 12.9. The lowest BCUT2D eigenvalue weighted by Crippen LogP contribution is -2.34. The quantitative estimate of drug-likeness (QED) is 0.860. The van der Waals surface area contributed by atoms with Gasteiger partial charge in [0.05, 0.1) is 12.5 Å². The van der Waals surface area contributed by atoms with Crippen LogP contribution in [0.4, 0.5) is 5.69 Å². The summed E-state index contributed by atoms with van der Waals surface area (Å²) in [6.07, 6.45) is 5.68. The van der Waals surface area contributed by atoms with E-state index in [-0.39, 0.29) is 0 Å². The molecule has 1 fully saturated rings. The third-order valence-electron chi connectivity index (χ3n) is 4.38. The van der Waals surface area contributed by atoms with Gasteiger partial charge in [0.15, 0.2) is 0 Å². The highest BCUT2D eigenvalue weighted by Gasteiger charge is 2.18. The second kappa shape index (κ2) is 7.47. The van der Waals surface area contributed by atoms with Gasteiger partial charge in [0.1, 0.15) is 0 Å². The van der Waals surface area contributed by atoms with Crippen LogP contribution in [0.25, 0.3) is 0 Å². The van der Waals surface area contributed by atoms with Crippen molar-refractivity contribution in [3.05, 3.63) is 54.0 Å². The molecule has 0 radical (unpaired) electrons. The lowest BCUT2D eigenvalue weighted by molar-refractivity contribution is 0.127. The number of hydrogen-bond donors (Lipinski definition) is 2. The van der Waals surface area contributed by atoms with E-state index in [4.69, 9.17) is 4.42 Å². The van der Waals surface area contributed by atoms with Crippen LogP contribution < -0.4 is 5.32 Å². The number of likely N-dealkylation sites (tertiary alicyclic amines) is 1. The van der Waals surface area contributed by atoms with Gasteiger partial charge < -0.3 is 14.8 Å². The molecule has 3 rings (SSSR count). The summed E-state index contributed by atoms with van der Waals surface area (Å²) >= 11 is 0. The van der Waals surface area contributed by atoms with Crippen LogP contribution in [-0.2, 0) is 13.1 Å². The fraction of sp³-hybridized carbons (Fsp3) is 0.444. The third kappa shape index (κ3) is 4.12. The number of aliphatic hydroxyl groups is 1. The summed E-state index contributed by atoms with van der Waals surface area (Å²) in [5.41, 5.74) is 3.63. The molecule has 1 aromatic heterocycles. The summed E-state index contributed by atoms with van der Waals surface area (Å²) in [6.45, 7) is 4.26. The second-order valence-corrected chi connectivity index (χ2v) is 6.09. The van der Waals surface area contributed by atoms with Crippen LogP contribution in [0.15, 0.2) is 47.3 Å². The van der Waals surface area contributed by atoms with Crippen molar-refractivity contribution in [2.45, 2.75) is 25.9 Å². The minimum atomic E-state index is 0.335. The summed E-state index contributed by atoms with van der Waals surface area (Å²) < 4.78 is 5.08. The van der Waals surface area contributed by atoms with Gasteiger partial charge in [-0.2, -0.15) is 0 Å². The molecule has 1 aliphatic heterocycles. The summed E-state index contributed by atoms with van der Waals surface area (Å²) in [4.78, 5) is 2.47. The van der Waals surface area contributed by atoms with Gasteiger partial charge >= 0.3 is 0 Å². The maximum Gasteiger partial charge on any atom is 0.0952 e. The molecule has 2 aromatic rings. The molecule has 4 heteroatoms. The Balaban J connectivity index is 1.52. The molecule has 4 nitrogen and oxygen atoms in total. The van der Waals surface area contributed by atoms with E-state index >= 15 is 0 Å². The number of anilines is 1. The first kappa shape index (κ1) is 15.1. The fourth-order valence-electron chi connectivity index (χ4n) is 2.96. The van der Waals surface area contributed by atoms with Crippen molar-refractivity contribution in [2.75, 3.05) is 25.0 Å². The van der Waals surface area contributed by atoms with E-state index < -0.39 is 0 Å². The lowest BCUT2D eigenvalue weighted by Gasteiger charge is -2.31. The molecular weight excluding hydrogens is 276 g/mol. The average Bonchev–Trinajstić information content (AvgIpc) is 3.08. The molecule has 2 heterocycles. The number of aliphatic hydroxyl groups excluding tert-OH is 1. The van der Waals surface area contributed by atoms with Gasteiger partial charge in [-0.25, -0.2) is 0 Å². The molecule has 118 valence electrons. The fourth-order valence-corrected chi connectivity index (χ4v) is 2.96. The Labute approximate surface area is 131 Å². The maximum atomic E-state index is 9.21. The van der Waals surface area contributed by atoms with Gasteiger partial charge in [0.25, 0.3) is 0 Å². The van der Waals surface area contributed by atoms with Crippen molar-refractivity contribution in [3.8, 4) is 0 Å². The van der Waals surface area contributed by atoms with Crippen LogP contribution in [0.1, 0.15) is 24.0 Å². The van der Waals surface area contributed by atoms with Crippen LogP contribution >= 0.6 is 0 Å². The predicted molar refractivity (Wildman–Crippen MR) is 87.6 cm³/mol. The Hall–Kier alpha value is -1.78. The number of nitrogens with one attached hydrogen (secondary N) is 1.